The summed E-state index contributed by atoms with van der Waals surface area (Å²) in [6, 6.07) is 0. The lowest BCUT2D eigenvalue weighted by atomic mass is 10.3. The van der Waals surface area contributed by atoms with Crippen molar-refractivity contribution < 1.29 is 19.1 Å². The van der Waals surface area contributed by atoms with Crippen molar-refractivity contribution in [3.8, 4) is 0 Å². The Hall–Kier alpha value is -2.36. The highest BCUT2D eigenvalue weighted by atomic mass is 16.5. The molecule has 0 bridgehead atoms. The van der Waals surface area contributed by atoms with Crippen LogP contribution in [-0.4, -0.2) is 11.9 Å². The first kappa shape index (κ1) is 17.6. The quantitative estimate of drug-likeness (QED) is 0.201. The summed E-state index contributed by atoms with van der Waals surface area (Å²) in [5.41, 5.74) is 0. The molecule has 0 aliphatic carbocycles. The van der Waals surface area contributed by atoms with Crippen molar-refractivity contribution in [2.75, 3.05) is 0 Å². The predicted molar refractivity (Wildman–Crippen MR) is 78.5 cm³/mol. The molecule has 0 amide bonds. The minimum absolute atomic E-state index is 0.632. The standard InChI is InChI=1S/C16H20O4/c1-3-5-7-9-13-19-15(17)11-12-16(18)20-14-10-8-6-4-2/h3-4,9-14H,1-2,5-8H2/b12-11+,13-9?,14-10?. The Bertz CT molecular complexity index is 365. The van der Waals surface area contributed by atoms with Crippen LogP contribution in [0.4, 0.5) is 0 Å². The summed E-state index contributed by atoms with van der Waals surface area (Å²) in [7, 11) is 0. The van der Waals surface area contributed by atoms with Crippen LogP contribution in [0, 0.1) is 0 Å². The number of hydrogen-bond acceptors (Lipinski definition) is 4. The zero-order valence-electron chi connectivity index (χ0n) is 11.5. The molecule has 4 heteroatoms. The molecule has 0 heterocycles. The molecule has 0 atom stereocenters. The number of unbranched alkanes of at least 4 members (excludes halogenated alkanes) is 2. The number of ether oxygens (including phenoxy) is 2. The first-order valence-electron chi connectivity index (χ1n) is 6.31. The third kappa shape index (κ3) is 12.1. The zero-order valence-corrected chi connectivity index (χ0v) is 11.5. The molecule has 0 saturated heterocycles. The fourth-order valence-electron chi connectivity index (χ4n) is 1.01. The van der Waals surface area contributed by atoms with Crippen LogP contribution in [-0.2, 0) is 19.1 Å². The zero-order chi connectivity index (χ0) is 15.1. The fourth-order valence-corrected chi connectivity index (χ4v) is 1.01. The van der Waals surface area contributed by atoms with Gasteiger partial charge < -0.3 is 9.47 Å². The number of hydrogen-bond donors (Lipinski definition) is 0. The van der Waals surface area contributed by atoms with Gasteiger partial charge >= 0.3 is 11.9 Å². The van der Waals surface area contributed by atoms with Crippen LogP contribution in [0.25, 0.3) is 0 Å². The van der Waals surface area contributed by atoms with Crippen molar-refractivity contribution in [2.45, 2.75) is 25.7 Å². The van der Waals surface area contributed by atoms with E-state index in [0.717, 1.165) is 37.8 Å². The van der Waals surface area contributed by atoms with E-state index in [1.807, 2.05) is 0 Å². The number of carbonyl (C=O) groups is 2. The second-order valence-corrected chi connectivity index (χ2v) is 3.68. The second kappa shape index (κ2) is 13.1. The first-order chi connectivity index (χ1) is 9.70. The summed E-state index contributed by atoms with van der Waals surface area (Å²) in [5.74, 6) is -1.26. The Morgan fingerprint density at radius 3 is 1.50 bits per heavy atom. The summed E-state index contributed by atoms with van der Waals surface area (Å²) in [4.78, 5) is 22.4. The highest BCUT2D eigenvalue weighted by molar-refractivity contribution is 5.92. The van der Waals surface area contributed by atoms with Crippen molar-refractivity contribution in [1.29, 1.82) is 0 Å². The monoisotopic (exact) mass is 276 g/mol. The second-order valence-electron chi connectivity index (χ2n) is 3.68. The molecule has 0 aromatic heterocycles. The van der Waals surface area contributed by atoms with E-state index in [0.29, 0.717) is 0 Å². The van der Waals surface area contributed by atoms with Crippen molar-refractivity contribution >= 4 is 11.9 Å². The molecule has 0 rings (SSSR count). The first-order valence-corrected chi connectivity index (χ1v) is 6.31. The Morgan fingerprint density at radius 2 is 1.15 bits per heavy atom. The smallest absolute Gasteiger partial charge is 0.335 e. The van der Waals surface area contributed by atoms with Gasteiger partial charge in [-0.15, -0.1) is 13.2 Å². The molecule has 0 radical (unpaired) electrons. The van der Waals surface area contributed by atoms with Gasteiger partial charge in [-0.1, -0.05) is 12.2 Å². The summed E-state index contributed by atoms with van der Waals surface area (Å²) in [6.45, 7) is 7.14. The van der Waals surface area contributed by atoms with E-state index < -0.39 is 11.9 Å². The maximum Gasteiger partial charge on any atom is 0.335 e. The molecule has 0 aromatic carbocycles. The van der Waals surface area contributed by atoms with E-state index in [9.17, 15) is 9.59 Å². The van der Waals surface area contributed by atoms with E-state index in [-0.39, 0.29) is 0 Å². The Labute approximate surface area is 119 Å². The van der Waals surface area contributed by atoms with Crippen LogP contribution in [0.1, 0.15) is 25.7 Å². The van der Waals surface area contributed by atoms with Crippen molar-refractivity contribution in [1.82, 2.24) is 0 Å². The number of esters is 2. The third-order valence-electron chi connectivity index (χ3n) is 1.99. The maximum absolute atomic E-state index is 11.2. The summed E-state index contributed by atoms with van der Waals surface area (Å²) < 4.78 is 9.44. The predicted octanol–water partition coefficient (Wildman–Crippen LogP) is 3.59. The minimum Gasteiger partial charge on any atom is -0.432 e. The van der Waals surface area contributed by atoms with Gasteiger partial charge in [0.2, 0.25) is 0 Å². The molecule has 0 N–H and O–H groups in total. The van der Waals surface area contributed by atoms with Crippen LogP contribution in [0.15, 0.2) is 62.1 Å². The molecule has 0 aliphatic rings. The van der Waals surface area contributed by atoms with E-state index >= 15 is 0 Å². The molecular weight excluding hydrogens is 256 g/mol. The molecular formula is C16H20O4. The average Bonchev–Trinajstić information content (AvgIpc) is 2.44. The molecule has 4 nitrogen and oxygen atoms in total. The van der Waals surface area contributed by atoms with Crippen LogP contribution in [0.5, 0.6) is 0 Å². The topological polar surface area (TPSA) is 52.6 Å². The van der Waals surface area contributed by atoms with Gasteiger partial charge in [0.15, 0.2) is 0 Å². The molecule has 0 aliphatic heterocycles. The molecule has 0 aromatic rings. The van der Waals surface area contributed by atoms with Crippen molar-refractivity contribution in [3.05, 3.63) is 62.1 Å². The van der Waals surface area contributed by atoms with Gasteiger partial charge in [0.25, 0.3) is 0 Å². The van der Waals surface area contributed by atoms with E-state index in [1.54, 1.807) is 24.3 Å². The van der Waals surface area contributed by atoms with E-state index in [2.05, 4.69) is 13.2 Å². The van der Waals surface area contributed by atoms with Gasteiger partial charge in [-0.05, 0) is 37.8 Å². The van der Waals surface area contributed by atoms with E-state index in [1.165, 1.54) is 12.5 Å². The Morgan fingerprint density at radius 1 is 0.750 bits per heavy atom. The van der Waals surface area contributed by atoms with E-state index in [4.69, 9.17) is 9.47 Å². The molecule has 108 valence electrons. The molecule has 0 saturated carbocycles. The normalized spacial score (nSPS) is 11.0. The highest BCUT2D eigenvalue weighted by Gasteiger charge is 1.97. The fraction of sp³-hybridized carbons (Fsp3) is 0.250. The van der Waals surface area contributed by atoms with Crippen molar-refractivity contribution in [3.63, 3.8) is 0 Å². The lowest BCUT2D eigenvalue weighted by Gasteiger charge is -1.93. The van der Waals surface area contributed by atoms with Gasteiger partial charge in [-0.3, -0.25) is 0 Å². The molecule has 0 fully saturated rings. The summed E-state index contributed by atoms with van der Waals surface area (Å²) >= 11 is 0. The third-order valence-corrected chi connectivity index (χ3v) is 1.99. The summed E-state index contributed by atoms with van der Waals surface area (Å²) in [6.07, 6.45) is 14.7. The number of rotatable bonds is 10. The Kier molecular flexibility index (Phi) is 11.5. The minimum atomic E-state index is -0.632. The van der Waals surface area contributed by atoms with Crippen molar-refractivity contribution in [2.24, 2.45) is 0 Å². The Balaban J connectivity index is 3.85. The van der Waals surface area contributed by atoms with Crippen LogP contribution < -0.4 is 0 Å². The highest BCUT2D eigenvalue weighted by Crippen LogP contribution is 1.94. The average molecular weight is 276 g/mol. The molecule has 20 heavy (non-hydrogen) atoms. The van der Waals surface area contributed by atoms with Gasteiger partial charge in [-0.25, -0.2) is 9.59 Å². The van der Waals surface area contributed by atoms with Crippen LogP contribution in [0.2, 0.25) is 0 Å². The molecule has 0 spiro atoms. The van der Waals surface area contributed by atoms with Crippen LogP contribution >= 0.6 is 0 Å². The summed E-state index contributed by atoms with van der Waals surface area (Å²) in [5, 5.41) is 0. The van der Waals surface area contributed by atoms with Gasteiger partial charge in [0, 0.05) is 12.2 Å². The van der Waals surface area contributed by atoms with Gasteiger partial charge in [0.05, 0.1) is 12.5 Å². The SMILES string of the molecule is C=CCCC=COC(=O)/C=C/C(=O)OC=CCCC=C. The van der Waals surface area contributed by atoms with Gasteiger partial charge in [0.1, 0.15) is 0 Å². The number of carbonyl (C=O) groups excluding carboxylic acids is 2. The lowest BCUT2D eigenvalue weighted by Crippen LogP contribution is -1.98. The lowest BCUT2D eigenvalue weighted by molar-refractivity contribution is -0.135. The largest absolute Gasteiger partial charge is 0.432 e. The van der Waals surface area contributed by atoms with Crippen LogP contribution in [0.3, 0.4) is 0 Å². The van der Waals surface area contributed by atoms with Gasteiger partial charge in [-0.2, -0.15) is 0 Å². The molecule has 0 unspecified atom stereocenters. The maximum atomic E-state index is 11.2. The number of allylic oxidation sites excluding steroid dienone is 4.